The number of carbonyl (C=O) groups excluding carboxylic acids is 2. The number of hydrogen-bond donors (Lipinski definition) is 3. The van der Waals surface area contributed by atoms with E-state index in [4.69, 9.17) is 0 Å². The molecule has 0 bridgehead atoms. The SMILES string of the molecule is CC[C@H](NCCCCCNC(C)=O)C(=O)CNC. The van der Waals surface area contributed by atoms with Gasteiger partial charge in [-0.15, -0.1) is 0 Å². The monoisotopic (exact) mass is 257 g/mol. The van der Waals surface area contributed by atoms with Gasteiger partial charge in [0.1, 0.15) is 0 Å². The molecule has 0 radical (unpaired) electrons. The van der Waals surface area contributed by atoms with Crippen LogP contribution in [0.25, 0.3) is 0 Å². The highest BCUT2D eigenvalue weighted by atomic mass is 16.1. The molecule has 18 heavy (non-hydrogen) atoms. The Hall–Kier alpha value is -0.940. The molecule has 0 saturated carbocycles. The normalized spacial score (nSPS) is 12.2. The third-order valence-corrected chi connectivity index (χ3v) is 2.77. The third-order valence-electron chi connectivity index (χ3n) is 2.77. The lowest BCUT2D eigenvalue weighted by Crippen LogP contribution is -2.41. The first kappa shape index (κ1) is 17.1. The maximum atomic E-state index is 11.6. The number of unbranched alkanes of at least 4 members (excludes halogenated alkanes) is 2. The van der Waals surface area contributed by atoms with E-state index in [-0.39, 0.29) is 17.7 Å². The molecule has 0 rings (SSSR count). The first-order chi connectivity index (χ1) is 8.61. The number of amides is 1. The van der Waals surface area contributed by atoms with Crippen LogP contribution >= 0.6 is 0 Å². The van der Waals surface area contributed by atoms with Crippen molar-refractivity contribution in [3.05, 3.63) is 0 Å². The Balaban J connectivity index is 3.50. The van der Waals surface area contributed by atoms with Gasteiger partial charge in [-0.3, -0.25) is 9.59 Å². The van der Waals surface area contributed by atoms with E-state index < -0.39 is 0 Å². The number of nitrogens with one attached hydrogen (secondary N) is 3. The summed E-state index contributed by atoms with van der Waals surface area (Å²) in [7, 11) is 1.78. The molecular weight excluding hydrogens is 230 g/mol. The van der Waals surface area contributed by atoms with E-state index in [1.54, 1.807) is 7.05 Å². The largest absolute Gasteiger partial charge is 0.356 e. The van der Waals surface area contributed by atoms with Crippen molar-refractivity contribution in [2.24, 2.45) is 0 Å². The van der Waals surface area contributed by atoms with Crippen molar-refractivity contribution in [1.29, 1.82) is 0 Å². The van der Waals surface area contributed by atoms with E-state index in [1.165, 1.54) is 6.92 Å². The second-order valence-electron chi connectivity index (χ2n) is 4.46. The molecule has 0 aliphatic rings. The highest BCUT2D eigenvalue weighted by Crippen LogP contribution is 1.96. The van der Waals surface area contributed by atoms with Gasteiger partial charge in [-0.05, 0) is 32.9 Å². The minimum Gasteiger partial charge on any atom is -0.356 e. The Kier molecular flexibility index (Phi) is 10.6. The number of ketones is 1. The van der Waals surface area contributed by atoms with Crippen molar-refractivity contribution in [2.45, 2.75) is 45.6 Å². The number of likely N-dealkylation sites (N-methyl/N-ethyl adjacent to an activating group) is 1. The molecule has 0 aliphatic heterocycles. The van der Waals surface area contributed by atoms with E-state index >= 15 is 0 Å². The Morgan fingerprint density at radius 3 is 2.33 bits per heavy atom. The molecular formula is C13H27N3O2. The molecule has 5 heteroatoms. The van der Waals surface area contributed by atoms with Crippen molar-refractivity contribution in [2.75, 3.05) is 26.7 Å². The van der Waals surface area contributed by atoms with E-state index in [9.17, 15) is 9.59 Å². The van der Waals surface area contributed by atoms with Crippen molar-refractivity contribution in [3.63, 3.8) is 0 Å². The molecule has 0 unspecified atom stereocenters. The quantitative estimate of drug-likeness (QED) is 0.470. The van der Waals surface area contributed by atoms with Crippen LogP contribution in [0.4, 0.5) is 0 Å². The zero-order valence-electron chi connectivity index (χ0n) is 11.8. The highest BCUT2D eigenvalue weighted by molar-refractivity contribution is 5.85. The fourth-order valence-corrected chi connectivity index (χ4v) is 1.75. The van der Waals surface area contributed by atoms with Crippen molar-refractivity contribution >= 4 is 11.7 Å². The Bertz CT molecular complexity index is 244. The van der Waals surface area contributed by atoms with Crippen molar-refractivity contribution in [1.82, 2.24) is 16.0 Å². The van der Waals surface area contributed by atoms with Crippen LogP contribution in [0.5, 0.6) is 0 Å². The number of hydrogen-bond acceptors (Lipinski definition) is 4. The average molecular weight is 257 g/mol. The van der Waals surface area contributed by atoms with Crippen LogP contribution in [0.3, 0.4) is 0 Å². The van der Waals surface area contributed by atoms with E-state index in [2.05, 4.69) is 16.0 Å². The minimum atomic E-state index is -0.0344. The van der Waals surface area contributed by atoms with Crippen LogP contribution in [0.15, 0.2) is 0 Å². The minimum absolute atomic E-state index is 0.0248. The summed E-state index contributed by atoms with van der Waals surface area (Å²) in [6.07, 6.45) is 3.90. The fourth-order valence-electron chi connectivity index (χ4n) is 1.75. The predicted octanol–water partition coefficient (Wildman–Crippen LogP) is 0.450. The molecule has 0 fully saturated rings. The zero-order chi connectivity index (χ0) is 13.8. The lowest BCUT2D eigenvalue weighted by molar-refractivity contribution is -0.120. The summed E-state index contributed by atoms with van der Waals surface area (Å²) in [5, 5.41) is 8.93. The van der Waals surface area contributed by atoms with Crippen LogP contribution in [-0.4, -0.2) is 44.4 Å². The lowest BCUT2D eigenvalue weighted by Gasteiger charge is -2.15. The Morgan fingerprint density at radius 2 is 1.78 bits per heavy atom. The van der Waals surface area contributed by atoms with E-state index in [0.29, 0.717) is 6.54 Å². The average Bonchev–Trinajstić information content (AvgIpc) is 2.32. The smallest absolute Gasteiger partial charge is 0.216 e. The first-order valence-corrected chi connectivity index (χ1v) is 6.77. The number of rotatable bonds is 11. The van der Waals surface area contributed by atoms with Gasteiger partial charge in [-0.2, -0.15) is 0 Å². The second kappa shape index (κ2) is 11.2. The summed E-state index contributed by atoms with van der Waals surface area (Å²) in [6, 6.07) is -0.0344. The van der Waals surface area contributed by atoms with Gasteiger partial charge in [0.15, 0.2) is 5.78 Å². The highest BCUT2D eigenvalue weighted by Gasteiger charge is 2.13. The zero-order valence-corrected chi connectivity index (χ0v) is 11.8. The summed E-state index contributed by atoms with van der Waals surface area (Å²) >= 11 is 0. The molecule has 106 valence electrons. The van der Waals surface area contributed by atoms with Crippen LogP contribution in [-0.2, 0) is 9.59 Å². The summed E-state index contributed by atoms with van der Waals surface area (Å²) in [6.45, 7) is 5.57. The van der Waals surface area contributed by atoms with Crippen molar-refractivity contribution < 1.29 is 9.59 Å². The van der Waals surface area contributed by atoms with E-state index in [1.807, 2.05) is 6.92 Å². The molecule has 0 heterocycles. The van der Waals surface area contributed by atoms with E-state index in [0.717, 1.165) is 38.8 Å². The maximum absolute atomic E-state index is 11.6. The number of carbonyl (C=O) groups is 2. The standard InChI is InChI=1S/C13H27N3O2/c1-4-12(13(18)10-14-3)16-9-7-5-6-8-15-11(2)17/h12,14,16H,4-10H2,1-3H3,(H,15,17)/t12-/m0/s1. The fraction of sp³-hybridized carbons (Fsp3) is 0.846. The lowest BCUT2D eigenvalue weighted by atomic mass is 10.1. The molecule has 0 aromatic rings. The maximum Gasteiger partial charge on any atom is 0.216 e. The number of Topliss-reactive ketones (excluding diaryl/α,β-unsaturated/α-hetero) is 1. The summed E-state index contributed by atoms with van der Waals surface area (Å²) < 4.78 is 0. The van der Waals surface area contributed by atoms with Gasteiger partial charge >= 0.3 is 0 Å². The van der Waals surface area contributed by atoms with Crippen LogP contribution in [0.2, 0.25) is 0 Å². The van der Waals surface area contributed by atoms with Crippen LogP contribution < -0.4 is 16.0 Å². The molecule has 0 aliphatic carbocycles. The molecule has 0 saturated heterocycles. The van der Waals surface area contributed by atoms with Gasteiger partial charge < -0.3 is 16.0 Å². The summed E-state index contributed by atoms with van der Waals surface area (Å²) in [4.78, 5) is 22.3. The molecule has 0 aromatic carbocycles. The summed E-state index contributed by atoms with van der Waals surface area (Å²) in [5.74, 6) is 0.245. The molecule has 1 amide bonds. The van der Waals surface area contributed by atoms with Crippen LogP contribution in [0.1, 0.15) is 39.5 Å². The molecule has 0 spiro atoms. The van der Waals surface area contributed by atoms with Gasteiger partial charge in [-0.1, -0.05) is 13.3 Å². The van der Waals surface area contributed by atoms with Gasteiger partial charge in [0.05, 0.1) is 12.6 Å². The topological polar surface area (TPSA) is 70.2 Å². The predicted molar refractivity (Wildman–Crippen MR) is 73.6 cm³/mol. The first-order valence-electron chi connectivity index (χ1n) is 6.77. The van der Waals surface area contributed by atoms with Gasteiger partial charge in [0, 0.05) is 13.5 Å². The summed E-state index contributed by atoms with van der Waals surface area (Å²) in [5.41, 5.74) is 0. The van der Waals surface area contributed by atoms with Gasteiger partial charge in [0.2, 0.25) is 5.91 Å². The third kappa shape index (κ3) is 9.13. The van der Waals surface area contributed by atoms with Crippen molar-refractivity contribution in [3.8, 4) is 0 Å². The second-order valence-corrected chi connectivity index (χ2v) is 4.46. The molecule has 0 aromatic heterocycles. The Morgan fingerprint density at radius 1 is 1.11 bits per heavy atom. The van der Waals surface area contributed by atoms with Gasteiger partial charge in [0.25, 0.3) is 0 Å². The molecule has 3 N–H and O–H groups in total. The Labute approximate surface area is 110 Å². The van der Waals surface area contributed by atoms with Crippen LogP contribution in [0, 0.1) is 0 Å². The van der Waals surface area contributed by atoms with Gasteiger partial charge in [-0.25, -0.2) is 0 Å². The molecule has 1 atom stereocenters. The molecule has 5 nitrogen and oxygen atoms in total.